The number of hydrogen-bond acceptors (Lipinski definition) is 4. The van der Waals surface area contributed by atoms with Gasteiger partial charge >= 0.3 is 0 Å². The summed E-state index contributed by atoms with van der Waals surface area (Å²) in [4.78, 5) is 18.7. The van der Waals surface area contributed by atoms with E-state index in [2.05, 4.69) is 9.80 Å². The summed E-state index contributed by atoms with van der Waals surface area (Å²) in [5, 5.41) is 8.80. The second-order valence-electron chi connectivity index (χ2n) is 5.28. The van der Waals surface area contributed by atoms with E-state index in [-0.39, 0.29) is 6.61 Å². The quantitative estimate of drug-likeness (QED) is 0.727. The van der Waals surface area contributed by atoms with Crippen LogP contribution in [0.25, 0.3) is 0 Å². The van der Waals surface area contributed by atoms with Crippen molar-refractivity contribution >= 4 is 5.91 Å². The Bertz CT molecular complexity index is 259. The Morgan fingerprint density at radius 3 is 2.22 bits per heavy atom. The highest BCUT2D eigenvalue weighted by molar-refractivity contribution is 5.78. The molecular formula is C13H25N3O2. The minimum atomic E-state index is 0.258. The van der Waals surface area contributed by atoms with Crippen LogP contribution in [0.3, 0.4) is 0 Å². The van der Waals surface area contributed by atoms with Crippen molar-refractivity contribution in [1.29, 1.82) is 0 Å². The molecule has 0 aromatic carbocycles. The average molecular weight is 255 g/mol. The lowest BCUT2D eigenvalue weighted by molar-refractivity contribution is -0.133. The van der Waals surface area contributed by atoms with E-state index in [1.807, 2.05) is 4.90 Å². The first kappa shape index (κ1) is 13.8. The lowest BCUT2D eigenvalue weighted by atomic mass is 10.3. The molecule has 1 amide bonds. The number of piperazine rings is 1. The average Bonchev–Trinajstić information content (AvgIpc) is 2.89. The third-order valence-corrected chi connectivity index (χ3v) is 3.92. The van der Waals surface area contributed by atoms with Gasteiger partial charge in [0.25, 0.3) is 0 Å². The standard InChI is InChI=1S/C13H25N3O2/c17-11-3-6-14-7-9-16(10-8-14)13(18)12-15-4-1-2-5-15/h17H,1-12H2. The summed E-state index contributed by atoms with van der Waals surface area (Å²) < 4.78 is 0. The molecule has 0 aromatic rings. The normalized spacial score (nSPS) is 22.6. The second-order valence-corrected chi connectivity index (χ2v) is 5.28. The van der Waals surface area contributed by atoms with Gasteiger partial charge in [-0.15, -0.1) is 0 Å². The molecule has 2 heterocycles. The number of nitrogens with zero attached hydrogens (tertiary/aromatic N) is 3. The van der Waals surface area contributed by atoms with Gasteiger partial charge < -0.3 is 10.0 Å². The van der Waals surface area contributed by atoms with Gasteiger partial charge in [-0.25, -0.2) is 0 Å². The predicted octanol–water partition coefficient (Wildman–Crippen LogP) is -0.391. The zero-order chi connectivity index (χ0) is 12.8. The largest absolute Gasteiger partial charge is 0.396 e. The molecule has 0 bridgehead atoms. The van der Waals surface area contributed by atoms with Gasteiger partial charge in [-0.3, -0.25) is 14.6 Å². The van der Waals surface area contributed by atoms with Gasteiger partial charge in [-0.1, -0.05) is 0 Å². The van der Waals surface area contributed by atoms with Crippen molar-refractivity contribution in [1.82, 2.24) is 14.7 Å². The van der Waals surface area contributed by atoms with Crippen LogP contribution in [-0.4, -0.2) is 84.7 Å². The molecule has 18 heavy (non-hydrogen) atoms. The first-order chi connectivity index (χ1) is 8.79. The van der Waals surface area contributed by atoms with Gasteiger partial charge in [-0.2, -0.15) is 0 Å². The van der Waals surface area contributed by atoms with Crippen molar-refractivity contribution in [3.05, 3.63) is 0 Å². The summed E-state index contributed by atoms with van der Waals surface area (Å²) in [5.74, 6) is 0.290. The Kier molecular flexibility index (Phi) is 5.41. The van der Waals surface area contributed by atoms with E-state index >= 15 is 0 Å². The van der Waals surface area contributed by atoms with Crippen molar-refractivity contribution in [2.24, 2.45) is 0 Å². The molecule has 1 N–H and O–H groups in total. The molecule has 0 aromatic heterocycles. The minimum absolute atomic E-state index is 0.258. The van der Waals surface area contributed by atoms with E-state index in [9.17, 15) is 4.79 Å². The van der Waals surface area contributed by atoms with Crippen LogP contribution in [-0.2, 0) is 4.79 Å². The number of amides is 1. The van der Waals surface area contributed by atoms with E-state index in [0.29, 0.717) is 12.5 Å². The van der Waals surface area contributed by atoms with Gasteiger partial charge in [-0.05, 0) is 32.4 Å². The summed E-state index contributed by atoms with van der Waals surface area (Å²) in [5.41, 5.74) is 0. The zero-order valence-electron chi connectivity index (χ0n) is 11.2. The molecule has 0 radical (unpaired) electrons. The summed E-state index contributed by atoms with van der Waals surface area (Å²) in [6, 6.07) is 0. The third kappa shape index (κ3) is 3.93. The number of likely N-dealkylation sites (tertiary alicyclic amines) is 1. The number of aliphatic hydroxyl groups is 1. The monoisotopic (exact) mass is 255 g/mol. The number of rotatable bonds is 5. The fourth-order valence-electron chi connectivity index (χ4n) is 2.75. The molecule has 0 unspecified atom stereocenters. The van der Waals surface area contributed by atoms with E-state index in [4.69, 9.17) is 5.11 Å². The van der Waals surface area contributed by atoms with Crippen LogP contribution < -0.4 is 0 Å². The molecular weight excluding hydrogens is 230 g/mol. The number of carbonyl (C=O) groups is 1. The number of carbonyl (C=O) groups excluding carboxylic acids is 1. The fraction of sp³-hybridized carbons (Fsp3) is 0.923. The lowest BCUT2D eigenvalue weighted by Crippen LogP contribution is -2.51. The topological polar surface area (TPSA) is 47.0 Å². The maximum atomic E-state index is 12.1. The van der Waals surface area contributed by atoms with Crippen LogP contribution in [0.4, 0.5) is 0 Å². The summed E-state index contributed by atoms with van der Waals surface area (Å²) in [6.45, 7) is 7.58. The highest BCUT2D eigenvalue weighted by Crippen LogP contribution is 2.09. The van der Waals surface area contributed by atoms with Crippen LogP contribution in [0.2, 0.25) is 0 Å². The molecule has 0 atom stereocenters. The van der Waals surface area contributed by atoms with Crippen molar-refractivity contribution in [3.63, 3.8) is 0 Å². The van der Waals surface area contributed by atoms with E-state index < -0.39 is 0 Å². The number of hydrogen-bond donors (Lipinski definition) is 1. The zero-order valence-corrected chi connectivity index (χ0v) is 11.2. The smallest absolute Gasteiger partial charge is 0.236 e. The lowest BCUT2D eigenvalue weighted by Gasteiger charge is -2.35. The summed E-state index contributed by atoms with van der Waals surface area (Å²) >= 11 is 0. The highest BCUT2D eigenvalue weighted by atomic mass is 16.3. The van der Waals surface area contributed by atoms with Gasteiger partial charge in [0.15, 0.2) is 0 Å². The molecule has 2 saturated heterocycles. The Balaban J connectivity index is 1.66. The minimum Gasteiger partial charge on any atom is -0.396 e. The van der Waals surface area contributed by atoms with E-state index in [0.717, 1.165) is 52.2 Å². The summed E-state index contributed by atoms with van der Waals surface area (Å²) in [7, 11) is 0. The van der Waals surface area contributed by atoms with Crippen LogP contribution in [0.15, 0.2) is 0 Å². The molecule has 2 rings (SSSR count). The molecule has 2 aliphatic heterocycles. The van der Waals surface area contributed by atoms with Gasteiger partial charge in [0.05, 0.1) is 6.54 Å². The molecule has 0 saturated carbocycles. The van der Waals surface area contributed by atoms with Crippen molar-refractivity contribution in [2.45, 2.75) is 19.3 Å². The second kappa shape index (κ2) is 7.07. The maximum absolute atomic E-state index is 12.1. The molecule has 5 nitrogen and oxygen atoms in total. The fourth-order valence-corrected chi connectivity index (χ4v) is 2.75. The van der Waals surface area contributed by atoms with Gasteiger partial charge in [0.1, 0.15) is 0 Å². The number of aliphatic hydroxyl groups excluding tert-OH is 1. The Morgan fingerprint density at radius 1 is 0.944 bits per heavy atom. The molecule has 0 spiro atoms. The van der Waals surface area contributed by atoms with Crippen molar-refractivity contribution in [3.8, 4) is 0 Å². The Morgan fingerprint density at radius 2 is 1.61 bits per heavy atom. The van der Waals surface area contributed by atoms with Gasteiger partial charge in [0.2, 0.25) is 5.91 Å². The third-order valence-electron chi connectivity index (χ3n) is 3.92. The van der Waals surface area contributed by atoms with E-state index in [1.54, 1.807) is 0 Å². The first-order valence-corrected chi connectivity index (χ1v) is 7.13. The molecule has 104 valence electrons. The molecule has 2 fully saturated rings. The van der Waals surface area contributed by atoms with Crippen molar-refractivity contribution in [2.75, 3.05) is 59.0 Å². The van der Waals surface area contributed by atoms with Crippen molar-refractivity contribution < 1.29 is 9.90 Å². The van der Waals surface area contributed by atoms with Gasteiger partial charge in [0, 0.05) is 39.3 Å². The first-order valence-electron chi connectivity index (χ1n) is 7.13. The van der Waals surface area contributed by atoms with Crippen LogP contribution >= 0.6 is 0 Å². The molecule has 0 aliphatic carbocycles. The van der Waals surface area contributed by atoms with E-state index in [1.165, 1.54) is 12.8 Å². The van der Waals surface area contributed by atoms with Crippen LogP contribution in [0.5, 0.6) is 0 Å². The SMILES string of the molecule is O=C(CN1CCCC1)N1CCN(CCCO)CC1. The molecule has 5 heteroatoms. The maximum Gasteiger partial charge on any atom is 0.236 e. The molecule has 2 aliphatic rings. The Labute approximate surface area is 109 Å². The predicted molar refractivity (Wildman–Crippen MR) is 70.4 cm³/mol. The van der Waals surface area contributed by atoms with Crippen LogP contribution in [0, 0.1) is 0 Å². The Hall–Kier alpha value is -0.650. The summed E-state index contributed by atoms with van der Waals surface area (Å²) in [6.07, 6.45) is 3.31. The highest BCUT2D eigenvalue weighted by Gasteiger charge is 2.23. The van der Waals surface area contributed by atoms with Crippen LogP contribution in [0.1, 0.15) is 19.3 Å².